The van der Waals surface area contributed by atoms with E-state index in [1.807, 2.05) is 0 Å². The average Bonchev–Trinajstić information content (AvgIpc) is 2.20. The fourth-order valence-corrected chi connectivity index (χ4v) is 1.72. The van der Waals surface area contributed by atoms with Crippen LogP contribution in [-0.2, 0) is 0 Å². The highest BCUT2D eigenvalue weighted by Gasteiger charge is 2.13. The minimum Gasteiger partial charge on any atom is -0.313 e. The molecule has 0 aromatic carbocycles. The molecule has 0 amide bonds. The van der Waals surface area contributed by atoms with Gasteiger partial charge in [0.15, 0.2) is 0 Å². The van der Waals surface area contributed by atoms with Crippen molar-refractivity contribution in [3.8, 4) is 0 Å². The van der Waals surface area contributed by atoms with E-state index in [0.29, 0.717) is 12.1 Å². The lowest BCUT2D eigenvalue weighted by Crippen LogP contribution is -2.44. The SMILES string of the molecule is CCCC(CNC(C)C)N(C)CCN(C)C. The van der Waals surface area contributed by atoms with E-state index in [4.69, 9.17) is 0 Å². The Kier molecular flexibility index (Phi) is 8.90. The van der Waals surface area contributed by atoms with Crippen LogP contribution in [0.5, 0.6) is 0 Å². The fourth-order valence-electron chi connectivity index (χ4n) is 1.72. The predicted octanol–water partition coefficient (Wildman–Crippen LogP) is 1.65. The Morgan fingerprint density at radius 3 is 2.12 bits per heavy atom. The van der Waals surface area contributed by atoms with Gasteiger partial charge in [0.25, 0.3) is 0 Å². The van der Waals surface area contributed by atoms with E-state index in [0.717, 1.165) is 19.6 Å². The Labute approximate surface area is 102 Å². The maximum absolute atomic E-state index is 3.54. The van der Waals surface area contributed by atoms with Crippen molar-refractivity contribution in [1.82, 2.24) is 15.1 Å². The Balaban J connectivity index is 3.96. The smallest absolute Gasteiger partial charge is 0.0218 e. The second-order valence-electron chi connectivity index (χ2n) is 5.29. The van der Waals surface area contributed by atoms with Crippen molar-refractivity contribution in [2.24, 2.45) is 0 Å². The molecule has 0 aromatic rings. The summed E-state index contributed by atoms with van der Waals surface area (Å²) in [5.74, 6) is 0. The van der Waals surface area contributed by atoms with Gasteiger partial charge in [0.05, 0.1) is 0 Å². The number of rotatable bonds is 9. The molecule has 0 rings (SSSR count). The lowest BCUT2D eigenvalue weighted by Gasteiger charge is -2.30. The summed E-state index contributed by atoms with van der Waals surface area (Å²) >= 11 is 0. The van der Waals surface area contributed by atoms with Crippen molar-refractivity contribution in [3.63, 3.8) is 0 Å². The van der Waals surface area contributed by atoms with Crippen LogP contribution in [0.3, 0.4) is 0 Å². The molecule has 0 aliphatic carbocycles. The quantitative estimate of drug-likeness (QED) is 0.648. The van der Waals surface area contributed by atoms with E-state index in [1.54, 1.807) is 0 Å². The Morgan fingerprint density at radius 2 is 1.69 bits per heavy atom. The number of nitrogens with one attached hydrogen (secondary N) is 1. The van der Waals surface area contributed by atoms with Crippen molar-refractivity contribution in [3.05, 3.63) is 0 Å². The van der Waals surface area contributed by atoms with Gasteiger partial charge in [-0.15, -0.1) is 0 Å². The van der Waals surface area contributed by atoms with Crippen LogP contribution in [0.2, 0.25) is 0 Å². The number of nitrogens with zero attached hydrogens (tertiary/aromatic N) is 2. The van der Waals surface area contributed by atoms with Crippen LogP contribution < -0.4 is 5.32 Å². The predicted molar refractivity (Wildman–Crippen MR) is 73.0 cm³/mol. The zero-order valence-corrected chi connectivity index (χ0v) is 12.1. The number of hydrogen-bond donors (Lipinski definition) is 1. The fraction of sp³-hybridized carbons (Fsp3) is 1.00. The molecule has 0 bridgehead atoms. The van der Waals surface area contributed by atoms with Crippen LogP contribution in [0.25, 0.3) is 0 Å². The van der Waals surface area contributed by atoms with Gasteiger partial charge in [0.1, 0.15) is 0 Å². The van der Waals surface area contributed by atoms with Crippen LogP contribution in [0, 0.1) is 0 Å². The average molecular weight is 229 g/mol. The topological polar surface area (TPSA) is 18.5 Å². The van der Waals surface area contributed by atoms with Crippen molar-refractivity contribution < 1.29 is 0 Å². The summed E-state index contributed by atoms with van der Waals surface area (Å²) in [7, 11) is 6.51. The van der Waals surface area contributed by atoms with E-state index < -0.39 is 0 Å². The van der Waals surface area contributed by atoms with Crippen LogP contribution >= 0.6 is 0 Å². The summed E-state index contributed by atoms with van der Waals surface area (Å²) in [5.41, 5.74) is 0. The molecule has 16 heavy (non-hydrogen) atoms. The maximum Gasteiger partial charge on any atom is 0.0218 e. The minimum atomic E-state index is 0.585. The van der Waals surface area contributed by atoms with E-state index in [2.05, 4.69) is 57.0 Å². The Morgan fingerprint density at radius 1 is 1.06 bits per heavy atom. The first-order valence-electron chi connectivity index (χ1n) is 6.55. The highest BCUT2D eigenvalue weighted by molar-refractivity contribution is 4.72. The summed E-state index contributed by atoms with van der Waals surface area (Å²) in [6.07, 6.45) is 2.54. The van der Waals surface area contributed by atoms with Gasteiger partial charge in [-0.1, -0.05) is 27.2 Å². The molecule has 98 valence electrons. The third kappa shape index (κ3) is 8.08. The minimum absolute atomic E-state index is 0.585. The van der Waals surface area contributed by atoms with Gasteiger partial charge < -0.3 is 15.1 Å². The van der Waals surface area contributed by atoms with Gasteiger partial charge in [0.2, 0.25) is 0 Å². The Bertz CT molecular complexity index is 157. The first kappa shape index (κ1) is 15.9. The van der Waals surface area contributed by atoms with Crippen molar-refractivity contribution in [2.75, 3.05) is 40.8 Å². The molecule has 1 unspecified atom stereocenters. The summed E-state index contributed by atoms with van der Waals surface area (Å²) in [6.45, 7) is 10.1. The van der Waals surface area contributed by atoms with Gasteiger partial charge in [-0.3, -0.25) is 0 Å². The highest BCUT2D eigenvalue weighted by atomic mass is 15.2. The molecule has 0 saturated carbocycles. The first-order valence-corrected chi connectivity index (χ1v) is 6.55. The van der Waals surface area contributed by atoms with E-state index >= 15 is 0 Å². The molecule has 1 N–H and O–H groups in total. The van der Waals surface area contributed by atoms with Crippen molar-refractivity contribution in [1.29, 1.82) is 0 Å². The maximum atomic E-state index is 3.54. The van der Waals surface area contributed by atoms with Gasteiger partial charge in [0, 0.05) is 31.7 Å². The zero-order valence-electron chi connectivity index (χ0n) is 12.1. The van der Waals surface area contributed by atoms with Gasteiger partial charge in [-0.05, 0) is 27.6 Å². The molecule has 0 saturated heterocycles. The molecule has 3 nitrogen and oxygen atoms in total. The zero-order chi connectivity index (χ0) is 12.6. The highest BCUT2D eigenvalue weighted by Crippen LogP contribution is 2.04. The van der Waals surface area contributed by atoms with Gasteiger partial charge in [-0.2, -0.15) is 0 Å². The van der Waals surface area contributed by atoms with Crippen LogP contribution in [0.1, 0.15) is 33.6 Å². The third-order valence-electron chi connectivity index (χ3n) is 2.91. The summed E-state index contributed by atoms with van der Waals surface area (Å²) in [6, 6.07) is 1.26. The lowest BCUT2D eigenvalue weighted by atomic mass is 10.1. The summed E-state index contributed by atoms with van der Waals surface area (Å²) < 4.78 is 0. The standard InChI is InChI=1S/C13H31N3/c1-7-8-13(11-14-12(2)3)16(6)10-9-15(4)5/h12-14H,7-11H2,1-6H3. The summed E-state index contributed by atoms with van der Waals surface area (Å²) in [4.78, 5) is 4.73. The van der Waals surface area contributed by atoms with E-state index in [-0.39, 0.29) is 0 Å². The van der Waals surface area contributed by atoms with E-state index in [9.17, 15) is 0 Å². The normalized spacial score (nSPS) is 14.1. The second-order valence-corrected chi connectivity index (χ2v) is 5.29. The second kappa shape index (κ2) is 8.97. The first-order chi connectivity index (χ1) is 7.47. The summed E-state index contributed by atoms with van der Waals surface area (Å²) in [5, 5.41) is 3.54. The molecular formula is C13H31N3. The number of likely N-dealkylation sites (N-methyl/N-ethyl adjacent to an activating group) is 2. The van der Waals surface area contributed by atoms with Gasteiger partial charge >= 0.3 is 0 Å². The van der Waals surface area contributed by atoms with E-state index in [1.165, 1.54) is 12.8 Å². The molecule has 3 heteroatoms. The molecular weight excluding hydrogens is 198 g/mol. The molecule has 0 aliphatic heterocycles. The van der Waals surface area contributed by atoms with Gasteiger partial charge in [-0.25, -0.2) is 0 Å². The Hall–Kier alpha value is -0.120. The van der Waals surface area contributed by atoms with Crippen LogP contribution in [-0.4, -0.2) is 62.7 Å². The van der Waals surface area contributed by atoms with Crippen LogP contribution in [0.15, 0.2) is 0 Å². The molecule has 0 heterocycles. The lowest BCUT2D eigenvalue weighted by molar-refractivity contribution is 0.200. The van der Waals surface area contributed by atoms with Crippen molar-refractivity contribution >= 4 is 0 Å². The number of hydrogen-bond acceptors (Lipinski definition) is 3. The molecule has 1 atom stereocenters. The van der Waals surface area contributed by atoms with Crippen LogP contribution in [0.4, 0.5) is 0 Å². The molecule has 0 aromatic heterocycles. The van der Waals surface area contributed by atoms with Crippen molar-refractivity contribution in [2.45, 2.75) is 45.7 Å². The molecule has 0 radical (unpaired) electrons. The molecule has 0 spiro atoms. The molecule has 0 aliphatic rings. The largest absolute Gasteiger partial charge is 0.313 e. The monoisotopic (exact) mass is 229 g/mol. The molecule has 0 fully saturated rings. The third-order valence-corrected chi connectivity index (χ3v) is 2.91.